The van der Waals surface area contributed by atoms with E-state index in [1.54, 1.807) is 42.6 Å². The number of anilines is 1. The molecule has 0 unspecified atom stereocenters. The molecule has 7 nitrogen and oxygen atoms in total. The first-order valence-electron chi connectivity index (χ1n) is 9.31. The summed E-state index contributed by atoms with van der Waals surface area (Å²) in [6.45, 7) is 0. The number of aromatic nitrogens is 3. The SMILES string of the molecule is O=C(Nc1ccc2[nH]c(=O)[nH]c2c1)c1ccccc1-c1ncc(-c2ccccc2)o1. The lowest BCUT2D eigenvalue weighted by atomic mass is 10.1. The number of H-pyrrole nitrogens is 2. The standard InChI is InChI=1S/C23H16N4O3/c28-21(25-15-10-11-18-19(12-15)27-23(29)26-18)16-8-4-5-9-17(16)22-24-13-20(30-22)14-6-2-1-3-7-14/h1-13H,(H,25,28)(H2,26,27,29). The minimum absolute atomic E-state index is 0.295. The highest BCUT2D eigenvalue weighted by Gasteiger charge is 2.17. The first kappa shape index (κ1) is 17.7. The van der Waals surface area contributed by atoms with Crippen LogP contribution in [0.25, 0.3) is 33.8 Å². The summed E-state index contributed by atoms with van der Waals surface area (Å²) in [5.74, 6) is 0.690. The van der Waals surface area contributed by atoms with Crippen molar-refractivity contribution < 1.29 is 9.21 Å². The van der Waals surface area contributed by atoms with E-state index in [1.807, 2.05) is 36.4 Å². The second-order valence-electron chi connectivity index (χ2n) is 6.73. The van der Waals surface area contributed by atoms with Gasteiger partial charge in [-0.05, 0) is 30.3 Å². The van der Waals surface area contributed by atoms with Gasteiger partial charge in [0.2, 0.25) is 5.89 Å². The number of imidazole rings is 1. The average molecular weight is 396 g/mol. The number of rotatable bonds is 4. The quantitative estimate of drug-likeness (QED) is 0.418. The number of fused-ring (bicyclic) bond motifs is 1. The molecule has 0 fully saturated rings. The topological polar surface area (TPSA) is 104 Å². The van der Waals surface area contributed by atoms with Crippen molar-refractivity contribution in [2.24, 2.45) is 0 Å². The molecule has 146 valence electrons. The van der Waals surface area contributed by atoms with Gasteiger partial charge in [0.1, 0.15) is 0 Å². The van der Waals surface area contributed by atoms with Crippen LogP contribution >= 0.6 is 0 Å². The third-order valence-corrected chi connectivity index (χ3v) is 4.74. The molecular weight excluding hydrogens is 380 g/mol. The molecule has 5 aromatic rings. The van der Waals surface area contributed by atoms with Gasteiger partial charge in [0.25, 0.3) is 5.91 Å². The number of amides is 1. The summed E-state index contributed by atoms with van der Waals surface area (Å²) in [5.41, 5.74) is 3.49. The van der Waals surface area contributed by atoms with Crippen LogP contribution in [0.1, 0.15) is 10.4 Å². The molecule has 3 N–H and O–H groups in total. The van der Waals surface area contributed by atoms with Gasteiger partial charge in [-0.15, -0.1) is 0 Å². The predicted molar refractivity (Wildman–Crippen MR) is 114 cm³/mol. The maximum atomic E-state index is 13.0. The molecule has 3 aromatic carbocycles. The number of carbonyl (C=O) groups is 1. The Morgan fingerprint density at radius 1 is 0.900 bits per heavy atom. The van der Waals surface area contributed by atoms with Gasteiger partial charge in [-0.3, -0.25) is 4.79 Å². The van der Waals surface area contributed by atoms with E-state index in [4.69, 9.17) is 4.42 Å². The fourth-order valence-corrected chi connectivity index (χ4v) is 3.31. The van der Waals surface area contributed by atoms with Crippen LogP contribution in [0.15, 0.2) is 88.2 Å². The van der Waals surface area contributed by atoms with Crippen LogP contribution in [0.2, 0.25) is 0 Å². The highest BCUT2D eigenvalue weighted by atomic mass is 16.4. The molecule has 0 aliphatic rings. The van der Waals surface area contributed by atoms with Crippen molar-refractivity contribution in [3.05, 3.63) is 95.0 Å². The summed E-state index contributed by atoms with van der Waals surface area (Å²) in [4.78, 5) is 34.1. The van der Waals surface area contributed by atoms with Crippen LogP contribution in [-0.4, -0.2) is 20.9 Å². The van der Waals surface area contributed by atoms with Crippen molar-refractivity contribution >= 4 is 22.6 Å². The van der Waals surface area contributed by atoms with E-state index in [0.29, 0.717) is 39.5 Å². The monoisotopic (exact) mass is 396 g/mol. The van der Waals surface area contributed by atoms with E-state index in [0.717, 1.165) is 5.56 Å². The maximum absolute atomic E-state index is 13.0. The Bertz CT molecular complexity index is 1410. The summed E-state index contributed by atoms with van der Waals surface area (Å²) < 4.78 is 5.92. The number of carbonyl (C=O) groups excluding carboxylic acids is 1. The lowest BCUT2D eigenvalue weighted by Gasteiger charge is -2.08. The lowest BCUT2D eigenvalue weighted by Crippen LogP contribution is -2.13. The van der Waals surface area contributed by atoms with E-state index in [9.17, 15) is 9.59 Å². The molecule has 0 aliphatic carbocycles. The molecule has 0 saturated carbocycles. The third kappa shape index (κ3) is 3.29. The van der Waals surface area contributed by atoms with Crippen molar-refractivity contribution in [1.82, 2.24) is 15.0 Å². The van der Waals surface area contributed by atoms with Gasteiger partial charge in [0, 0.05) is 16.8 Å². The van der Waals surface area contributed by atoms with Crippen LogP contribution in [0.4, 0.5) is 5.69 Å². The van der Waals surface area contributed by atoms with E-state index in [2.05, 4.69) is 20.3 Å². The molecule has 30 heavy (non-hydrogen) atoms. The Morgan fingerprint density at radius 3 is 2.53 bits per heavy atom. The van der Waals surface area contributed by atoms with Gasteiger partial charge in [0.05, 0.1) is 22.8 Å². The first-order chi connectivity index (χ1) is 14.7. The fraction of sp³-hybridized carbons (Fsp3) is 0. The Kier molecular flexibility index (Phi) is 4.25. The Balaban J connectivity index is 1.46. The second-order valence-corrected chi connectivity index (χ2v) is 6.73. The second kappa shape index (κ2) is 7.21. The minimum Gasteiger partial charge on any atom is -0.436 e. The van der Waals surface area contributed by atoms with Gasteiger partial charge in [-0.2, -0.15) is 0 Å². The number of benzene rings is 3. The first-order valence-corrected chi connectivity index (χ1v) is 9.31. The molecule has 2 aromatic heterocycles. The van der Waals surface area contributed by atoms with Gasteiger partial charge >= 0.3 is 5.69 Å². The van der Waals surface area contributed by atoms with Crippen molar-refractivity contribution in [3.63, 3.8) is 0 Å². The fourth-order valence-electron chi connectivity index (χ4n) is 3.31. The van der Waals surface area contributed by atoms with Crippen molar-refractivity contribution in [2.75, 3.05) is 5.32 Å². The molecule has 7 heteroatoms. The van der Waals surface area contributed by atoms with Gasteiger partial charge < -0.3 is 19.7 Å². The molecule has 0 atom stereocenters. The molecule has 0 radical (unpaired) electrons. The van der Waals surface area contributed by atoms with E-state index in [1.165, 1.54) is 0 Å². The zero-order valence-electron chi connectivity index (χ0n) is 15.7. The minimum atomic E-state index is -0.303. The summed E-state index contributed by atoms with van der Waals surface area (Å²) >= 11 is 0. The number of oxazole rings is 1. The smallest absolute Gasteiger partial charge is 0.323 e. The van der Waals surface area contributed by atoms with Crippen molar-refractivity contribution in [2.45, 2.75) is 0 Å². The Hall–Kier alpha value is -4.39. The molecule has 0 spiro atoms. The maximum Gasteiger partial charge on any atom is 0.323 e. The number of nitrogens with one attached hydrogen (secondary N) is 3. The zero-order chi connectivity index (χ0) is 20.5. The largest absolute Gasteiger partial charge is 0.436 e. The normalized spacial score (nSPS) is 10.9. The molecule has 0 aliphatic heterocycles. The molecular formula is C23H16N4O3. The molecule has 0 bridgehead atoms. The summed E-state index contributed by atoms with van der Waals surface area (Å²) in [7, 11) is 0. The molecule has 0 saturated heterocycles. The van der Waals surface area contributed by atoms with Crippen LogP contribution in [0.5, 0.6) is 0 Å². The van der Waals surface area contributed by atoms with E-state index in [-0.39, 0.29) is 11.6 Å². The predicted octanol–water partition coefficient (Wildman–Crippen LogP) is 4.43. The van der Waals surface area contributed by atoms with Crippen LogP contribution in [-0.2, 0) is 0 Å². The van der Waals surface area contributed by atoms with Gasteiger partial charge in [0.15, 0.2) is 5.76 Å². The summed E-state index contributed by atoms with van der Waals surface area (Å²) in [6.07, 6.45) is 1.65. The Labute approximate surface area is 170 Å². The number of nitrogens with zero attached hydrogens (tertiary/aromatic N) is 1. The zero-order valence-corrected chi connectivity index (χ0v) is 15.7. The van der Waals surface area contributed by atoms with Crippen molar-refractivity contribution in [1.29, 1.82) is 0 Å². The van der Waals surface area contributed by atoms with Gasteiger partial charge in [-0.25, -0.2) is 9.78 Å². The number of hydrogen-bond donors (Lipinski definition) is 3. The van der Waals surface area contributed by atoms with Crippen molar-refractivity contribution in [3.8, 4) is 22.8 Å². The van der Waals surface area contributed by atoms with Gasteiger partial charge in [-0.1, -0.05) is 42.5 Å². The summed E-state index contributed by atoms with van der Waals surface area (Å²) in [5, 5.41) is 2.86. The third-order valence-electron chi connectivity index (χ3n) is 4.74. The van der Waals surface area contributed by atoms with Crippen LogP contribution in [0.3, 0.4) is 0 Å². The van der Waals surface area contributed by atoms with Crippen LogP contribution in [0, 0.1) is 0 Å². The number of aromatic amines is 2. The number of hydrogen-bond acceptors (Lipinski definition) is 4. The highest BCUT2D eigenvalue weighted by molar-refractivity contribution is 6.08. The molecule has 5 rings (SSSR count). The highest BCUT2D eigenvalue weighted by Crippen LogP contribution is 2.28. The average Bonchev–Trinajstić information content (AvgIpc) is 3.40. The Morgan fingerprint density at radius 2 is 1.67 bits per heavy atom. The van der Waals surface area contributed by atoms with E-state index < -0.39 is 0 Å². The summed E-state index contributed by atoms with van der Waals surface area (Å²) in [6, 6.07) is 21.9. The lowest BCUT2D eigenvalue weighted by molar-refractivity contribution is 0.102. The van der Waals surface area contributed by atoms with Crippen LogP contribution < -0.4 is 11.0 Å². The molecule has 1 amide bonds. The van der Waals surface area contributed by atoms with E-state index >= 15 is 0 Å². The molecule has 2 heterocycles.